The van der Waals surface area contributed by atoms with E-state index in [1.54, 1.807) is 0 Å². The van der Waals surface area contributed by atoms with Crippen LogP contribution in [0.4, 0.5) is 0 Å². The zero-order valence-corrected chi connectivity index (χ0v) is 38.2. The van der Waals surface area contributed by atoms with E-state index < -0.39 is 0 Å². The number of aromatic nitrogens is 4. The van der Waals surface area contributed by atoms with Crippen molar-refractivity contribution in [1.29, 1.82) is 0 Å². The van der Waals surface area contributed by atoms with Gasteiger partial charge in [0.25, 0.3) is 0 Å². The first-order chi connectivity index (χ1) is 34.7. The molecule has 0 atom stereocenters. The van der Waals surface area contributed by atoms with E-state index in [1.807, 2.05) is 48.5 Å². The van der Waals surface area contributed by atoms with E-state index >= 15 is 0 Å². The summed E-state index contributed by atoms with van der Waals surface area (Å²) in [6, 6.07) is 93.6. The summed E-state index contributed by atoms with van der Waals surface area (Å²) < 4.78 is 0. The molecule has 0 N–H and O–H groups in total. The van der Waals surface area contributed by atoms with E-state index in [-0.39, 0.29) is 0 Å². The maximum absolute atomic E-state index is 5.12. The maximum atomic E-state index is 5.12. The fourth-order valence-corrected chi connectivity index (χ4v) is 9.30. The third kappa shape index (κ3) is 8.58. The SMILES string of the molecule is c1ccc(-c2ccc(-c3cc(-c4ccc(-c5cccc6c(-c7ccc(-c8cc(-c9ccc(-c%10ccccc%10)cc9)nc(-c9ccccc9)n8)cc7)cccc56)cc4)nc(-c4ccccc4)n3)cc2)cc1. The van der Waals surface area contributed by atoms with E-state index in [4.69, 9.17) is 19.9 Å². The first-order valence-electron chi connectivity index (χ1n) is 23.6. The van der Waals surface area contributed by atoms with Crippen molar-refractivity contribution in [3.05, 3.63) is 267 Å². The lowest BCUT2D eigenvalue weighted by Crippen LogP contribution is -1.96. The van der Waals surface area contributed by atoms with E-state index in [0.29, 0.717) is 11.6 Å². The lowest BCUT2D eigenvalue weighted by atomic mass is 9.92. The Bertz CT molecular complexity index is 3490. The monoisotopic (exact) mass is 892 g/mol. The van der Waals surface area contributed by atoms with Gasteiger partial charge in [0.05, 0.1) is 22.8 Å². The van der Waals surface area contributed by atoms with Crippen molar-refractivity contribution in [2.24, 2.45) is 0 Å². The molecule has 0 aliphatic rings. The van der Waals surface area contributed by atoms with E-state index in [0.717, 1.165) is 67.3 Å². The molecule has 0 fully saturated rings. The maximum Gasteiger partial charge on any atom is 0.160 e. The van der Waals surface area contributed by atoms with Crippen LogP contribution in [0.1, 0.15) is 0 Å². The van der Waals surface area contributed by atoms with Gasteiger partial charge < -0.3 is 0 Å². The predicted molar refractivity (Wildman–Crippen MR) is 289 cm³/mol. The number of benzene rings is 10. The molecule has 0 aliphatic heterocycles. The van der Waals surface area contributed by atoms with Gasteiger partial charge in [0.2, 0.25) is 0 Å². The molecule has 0 amide bonds. The van der Waals surface area contributed by atoms with Gasteiger partial charge in [-0.05, 0) is 67.4 Å². The molecule has 70 heavy (non-hydrogen) atoms. The average Bonchev–Trinajstić information content (AvgIpc) is 3.45. The van der Waals surface area contributed by atoms with Crippen LogP contribution in [0.25, 0.3) is 123 Å². The van der Waals surface area contributed by atoms with Crippen molar-refractivity contribution in [3.63, 3.8) is 0 Å². The summed E-state index contributed by atoms with van der Waals surface area (Å²) in [6.07, 6.45) is 0. The molecular weight excluding hydrogens is 849 g/mol. The smallest absolute Gasteiger partial charge is 0.160 e. The van der Waals surface area contributed by atoms with Gasteiger partial charge in [0, 0.05) is 33.4 Å². The standard InChI is InChI=1S/C66H44N4/c1-5-15-45(16-6-1)47-27-35-51(36-28-47)61-43-63(69-65(67-61)55-19-9-3-10-20-55)53-39-31-49(32-40-53)57-23-13-26-60-58(24-14-25-59(57)60)50-33-41-54(42-34-50)64-44-62(68-66(70-64)56-21-11-4-12-22-56)52-37-29-48(30-38-52)46-17-7-2-8-18-46/h1-44H. The Kier molecular flexibility index (Phi) is 11.2. The van der Waals surface area contributed by atoms with E-state index in [2.05, 4.69) is 218 Å². The van der Waals surface area contributed by atoms with Crippen LogP contribution in [0.5, 0.6) is 0 Å². The minimum atomic E-state index is 0.697. The number of nitrogens with zero attached hydrogens (tertiary/aromatic N) is 4. The van der Waals surface area contributed by atoms with Crippen molar-refractivity contribution >= 4 is 10.8 Å². The first-order valence-corrected chi connectivity index (χ1v) is 23.6. The summed E-state index contributed by atoms with van der Waals surface area (Å²) in [6.45, 7) is 0. The summed E-state index contributed by atoms with van der Waals surface area (Å²) in [5, 5.41) is 2.38. The fraction of sp³-hybridized carbons (Fsp3) is 0. The highest BCUT2D eigenvalue weighted by Crippen LogP contribution is 2.38. The highest BCUT2D eigenvalue weighted by Gasteiger charge is 2.15. The molecular formula is C66H44N4. The Hall–Kier alpha value is -9.38. The molecule has 0 saturated carbocycles. The number of hydrogen-bond donors (Lipinski definition) is 0. The predicted octanol–water partition coefficient (Wildman–Crippen LogP) is 17.1. The quantitative estimate of drug-likeness (QED) is 0.137. The minimum absolute atomic E-state index is 0.697. The minimum Gasteiger partial charge on any atom is -0.228 e. The fourth-order valence-electron chi connectivity index (χ4n) is 9.30. The molecule has 4 heteroatoms. The van der Waals surface area contributed by atoms with Crippen molar-refractivity contribution in [3.8, 4) is 112 Å². The van der Waals surface area contributed by atoms with Gasteiger partial charge >= 0.3 is 0 Å². The zero-order chi connectivity index (χ0) is 46.6. The Labute approximate surface area is 408 Å². The van der Waals surface area contributed by atoms with Crippen LogP contribution < -0.4 is 0 Å². The first kappa shape index (κ1) is 42.0. The van der Waals surface area contributed by atoms with Crippen molar-refractivity contribution in [2.45, 2.75) is 0 Å². The van der Waals surface area contributed by atoms with Crippen LogP contribution in [0.2, 0.25) is 0 Å². The van der Waals surface area contributed by atoms with Crippen molar-refractivity contribution in [1.82, 2.24) is 19.9 Å². The molecule has 0 aliphatic carbocycles. The van der Waals surface area contributed by atoms with Gasteiger partial charge in [0.1, 0.15) is 0 Å². The van der Waals surface area contributed by atoms with Crippen LogP contribution in [0.15, 0.2) is 267 Å². The average molecular weight is 893 g/mol. The van der Waals surface area contributed by atoms with Gasteiger partial charge in [-0.2, -0.15) is 0 Å². The highest BCUT2D eigenvalue weighted by molar-refractivity contribution is 6.04. The van der Waals surface area contributed by atoms with Crippen molar-refractivity contribution in [2.75, 3.05) is 0 Å². The third-order valence-corrected chi connectivity index (χ3v) is 13.0. The second kappa shape index (κ2) is 18.7. The third-order valence-electron chi connectivity index (χ3n) is 13.0. The summed E-state index contributed by atoms with van der Waals surface area (Å²) in [7, 11) is 0. The van der Waals surface area contributed by atoms with Gasteiger partial charge in [-0.25, -0.2) is 19.9 Å². The number of hydrogen-bond acceptors (Lipinski definition) is 4. The van der Waals surface area contributed by atoms with Crippen molar-refractivity contribution < 1.29 is 0 Å². The normalized spacial score (nSPS) is 11.1. The van der Waals surface area contributed by atoms with Crippen LogP contribution in [0.3, 0.4) is 0 Å². The van der Waals surface area contributed by atoms with E-state index in [1.165, 1.54) is 44.2 Å². The number of fused-ring (bicyclic) bond motifs is 1. The van der Waals surface area contributed by atoms with Crippen LogP contribution >= 0.6 is 0 Å². The lowest BCUT2D eigenvalue weighted by Gasteiger charge is -2.13. The second-order valence-electron chi connectivity index (χ2n) is 17.4. The van der Waals surface area contributed by atoms with Gasteiger partial charge in [-0.1, -0.05) is 255 Å². The van der Waals surface area contributed by atoms with Gasteiger partial charge in [-0.15, -0.1) is 0 Å². The van der Waals surface area contributed by atoms with E-state index in [9.17, 15) is 0 Å². The molecule has 2 aromatic heterocycles. The zero-order valence-electron chi connectivity index (χ0n) is 38.2. The summed E-state index contributed by atoms with van der Waals surface area (Å²) in [5.41, 5.74) is 18.9. The van der Waals surface area contributed by atoms with Gasteiger partial charge in [-0.3, -0.25) is 0 Å². The molecule has 0 spiro atoms. The molecule has 12 rings (SSSR count). The molecule has 4 nitrogen and oxygen atoms in total. The molecule has 328 valence electrons. The molecule has 0 bridgehead atoms. The molecule has 10 aromatic carbocycles. The number of rotatable bonds is 10. The Morgan fingerprint density at radius 2 is 0.414 bits per heavy atom. The molecule has 0 unspecified atom stereocenters. The highest BCUT2D eigenvalue weighted by atomic mass is 14.9. The molecule has 12 aromatic rings. The van der Waals surface area contributed by atoms with Crippen LogP contribution in [-0.4, -0.2) is 19.9 Å². The molecule has 0 saturated heterocycles. The summed E-state index contributed by atoms with van der Waals surface area (Å²) in [5.74, 6) is 1.39. The lowest BCUT2D eigenvalue weighted by molar-refractivity contribution is 1.18. The largest absolute Gasteiger partial charge is 0.228 e. The summed E-state index contributed by atoms with van der Waals surface area (Å²) >= 11 is 0. The van der Waals surface area contributed by atoms with Crippen LogP contribution in [-0.2, 0) is 0 Å². The second-order valence-corrected chi connectivity index (χ2v) is 17.4. The summed E-state index contributed by atoms with van der Waals surface area (Å²) in [4.78, 5) is 20.4. The molecule has 2 heterocycles. The Balaban J connectivity index is 0.850. The Morgan fingerprint density at radius 1 is 0.171 bits per heavy atom. The van der Waals surface area contributed by atoms with Crippen LogP contribution in [0, 0.1) is 0 Å². The van der Waals surface area contributed by atoms with Gasteiger partial charge in [0.15, 0.2) is 11.6 Å². The topological polar surface area (TPSA) is 51.6 Å². The Morgan fingerprint density at radius 3 is 0.714 bits per heavy atom. The molecule has 0 radical (unpaired) electrons.